The van der Waals surface area contributed by atoms with Crippen molar-refractivity contribution in [2.75, 3.05) is 33.9 Å². The van der Waals surface area contributed by atoms with Gasteiger partial charge in [-0.1, -0.05) is 18.2 Å². The predicted octanol–water partition coefficient (Wildman–Crippen LogP) is 1.96. The first-order valence-electron chi connectivity index (χ1n) is 10.7. The van der Waals surface area contributed by atoms with E-state index in [-0.39, 0.29) is 30.5 Å². The lowest BCUT2D eigenvalue weighted by molar-refractivity contribution is -0.135. The third-order valence-electron chi connectivity index (χ3n) is 5.35. The second-order valence-electron chi connectivity index (χ2n) is 7.51. The van der Waals surface area contributed by atoms with Crippen LogP contribution in [0.5, 0.6) is 11.5 Å². The molecular weight excluding hydrogens is 442 g/mol. The molecule has 10 heteroatoms. The number of nitrogens with one attached hydrogen (secondary N) is 1. The Balaban J connectivity index is 1.54. The van der Waals surface area contributed by atoms with E-state index >= 15 is 0 Å². The summed E-state index contributed by atoms with van der Waals surface area (Å²) >= 11 is 0. The molecule has 10 nitrogen and oxygen atoms in total. The molecule has 1 aliphatic rings. The number of hydrogen-bond acceptors (Lipinski definition) is 7. The Kier molecular flexibility index (Phi) is 8.07. The van der Waals surface area contributed by atoms with Crippen molar-refractivity contribution < 1.29 is 33.4 Å². The number of carbonyl (C=O) groups is 4. The highest BCUT2D eigenvalue weighted by Crippen LogP contribution is 2.28. The Morgan fingerprint density at radius 2 is 1.68 bits per heavy atom. The molecule has 3 rings (SSSR count). The summed E-state index contributed by atoms with van der Waals surface area (Å²) in [5.41, 5.74) is 1.79. The van der Waals surface area contributed by atoms with E-state index in [9.17, 15) is 19.2 Å². The average Bonchev–Trinajstić information content (AvgIpc) is 3.17. The molecule has 0 unspecified atom stereocenters. The van der Waals surface area contributed by atoms with Crippen molar-refractivity contribution in [3.63, 3.8) is 0 Å². The summed E-state index contributed by atoms with van der Waals surface area (Å²) in [6, 6.07) is 11.3. The Morgan fingerprint density at radius 3 is 2.26 bits per heavy atom. The monoisotopic (exact) mass is 469 g/mol. The summed E-state index contributed by atoms with van der Waals surface area (Å²) in [6.45, 7) is 2.29. The van der Waals surface area contributed by atoms with Gasteiger partial charge in [0.1, 0.15) is 0 Å². The molecule has 1 aliphatic heterocycles. The smallest absolute Gasteiger partial charge is 0.338 e. The number of benzene rings is 2. The fraction of sp³-hybridized carbons (Fsp3) is 0.333. The molecule has 0 spiro atoms. The van der Waals surface area contributed by atoms with Crippen LogP contribution in [-0.2, 0) is 27.4 Å². The Morgan fingerprint density at radius 1 is 1.00 bits per heavy atom. The van der Waals surface area contributed by atoms with Crippen LogP contribution in [0.1, 0.15) is 28.4 Å². The first-order chi connectivity index (χ1) is 16.4. The third kappa shape index (κ3) is 5.83. The van der Waals surface area contributed by atoms with Crippen LogP contribution in [-0.4, -0.2) is 67.5 Å². The van der Waals surface area contributed by atoms with Gasteiger partial charge >= 0.3 is 12.0 Å². The first-order valence-corrected chi connectivity index (χ1v) is 10.7. The zero-order valence-corrected chi connectivity index (χ0v) is 19.3. The van der Waals surface area contributed by atoms with Crippen molar-refractivity contribution in [3.8, 4) is 11.5 Å². The number of methoxy groups -OCH3 is 2. The summed E-state index contributed by atoms with van der Waals surface area (Å²) in [4.78, 5) is 51.0. The van der Waals surface area contributed by atoms with E-state index in [0.717, 1.165) is 10.5 Å². The molecule has 0 atom stereocenters. The maximum Gasteiger partial charge on any atom is 0.338 e. The molecule has 0 radical (unpaired) electrons. The fourth-order valence-corrected chi connectivity index (χ4v) is 3.42. The predicted molar refractivity (Wildman–Crippen MR) is 121 cm³/mol. The topological polar surface area (TPSA) is 114 Å². The van der Waals surface area contributed by atoms with Gasteiger partial charge in [0.2, 0.25) is 5.91 Å². The largest absolute Gasteiger partial charge is 0.493 e. The number of likely N-dealkylation sites (N-methyl/N-ethyl adjacent to an activating group) is 1. The van der Waals surface area contributed by atoms with E-state index in [4.69, 9.17) is 14.2 Å². The molecule has 34 heavy (non-hydrogen) atoms. The minimum Gasteiger partial charge on any atom is -0.493 e. The molecule has 0 saturated carbocycles. The average molecular weight is 469 g/mol. The van der Waals surface area contributed by atoms with Gasteiger partial charge in [-0.25, -0.2) is 9.59 Å². The van der Waals surface area contributed by atoms with Gasteiger partial charge in [-0.2, -0.15) is 0 Å². The highest BCUT2D eigenvalue weighted by Gasteiger charge is 2.28. The lowest BCUT2D eigenvalue weighted by Gasteiger charge is -2.21. The number of urea groups is 1. The van der Waals surface area contributed by atoms with Crippen LogP contribution in [0.25, 0.3) is 0 Å². The Labute approximate surface area is 197 Å². The summed E-state index contributed by atoms with van der Waals surface area (Å²) in [6.07, 6.45) is 0. The van der Waals surface area contributed by atoms with Crippen molar-refractivity contribution >= 4 is 23.8 Å². The SMILES string of the molecule is CCN(Cc1ccc(OC)c(OC)c1)C(=O)COC(=O)c1ccc(CN2C(=O)CNC2=O)cc1. The van der Waals surface area contributed by atoms with Crippen LogP contribution in [0, 0.1) is 0 Å². The number of carbonyl (C=O) groups excluding carboxylic acids is 4. The molecule has 1 saturated heterocycles. The van der Waals surface area contributed by atoms with Crippen LogP contribution < -0.4 is 14.8 Å². The van der Waals surface area contributed by atoms with E-state index in [1.807, 2.05) is 13.0 Å². The molecule has 180 valence electrons. The van der Waals surface area contributed by atoms with Gasteiger partial charge in [0.25, 0.3) is 5.91 Å². The normalized spacial score (nSPS) is 12.9. The van der Waals surface area contributed by atoms with Crippen LogP contribution >= 0.6 is 0 Å². The zero-order valence-electron chi connectivity index (χ0n) is 19.3. The molecular formula is C24H27N3O7. The first kappa shape index (κ1) is 24.6. The van der Waals surface area contributed by atoms with Gasteiger partial charge in [-0.3, -0.25) is 14.5 Å². The molecule has 0 aliphatic carbocycles. The number of nitrogens with zero attached hydrogens (tertiary/aromatic N) is 2. The lowest BCUT2D eigenvalue weighted by atomic mass is 10.1. The molecule has 1 heterocycles. The number of ether oxygens (including phenoxy) is 3. The van der Waals surface area contributed by atoms with Crippen LogP contribution in [0.2, 0.25) is 0 Å². The van der Waals surface area contributed by atoms with Crippen molar-refractivity contribution in [2.24, 2.45) is 0 Å². The van der Waals surface area contributed by atoms with Crippen LogP contribution in [0.4, 0.5) is 4.79 Å². The molecule has 1 fully saturated rings. The van der Waals surface area contributed by atoms with Crippen LogP contribution in [0.3, 0.4) is 0 Å². The number of rotatable bonds is 10. The number of esters is 1. The second kappa shape index (κ2) is 11.2. The molecule has 0 aromatic heterocycles. The van der Waals surface area contributed by atoms with Crippen molar-refractivity contribution in [1.82, 2.24) is 15.1 Å². The van der Waals surface area contributed by atoms with Crippen molar-refractivity contribution in [1.29, 1.82) is 0 Å². The van der Waals surface area contributed by atoms with E-state index in [2.05, 4.69) is 5.32 Å². The van der Waals surface area contributed by atoms with Gasteiger partial charge in [0, 0.05) is 13.1 Å². The third-order valence-corrected chi connectivity index (χ3v) is 5.35. The van der Waals surface area contributed by atoms with E-state index in [0.29, 0.717) is 30.2 Å². The highest BCUT2D eigenvalue weighted by atomic mass is 16.5. The summed E-state index contributed by atoms with van der Waals surface area (Å²) in [5, 5.41) is 2.45. The molecule has 0 bridgehead atoms. The van der Waals surface area contributed by atoms with Gasteiger partial charge in [-0.15, -0.1) is 0 Å². The van der Waals surface area contributed by atoms with E-state index < -0.39 is 18.6 Å². The number of imide groups is 1. The summed E-state index contributed by atoms with van der Waals surface area (Å²) < 4.78 is 15.7. The maximum atomic E-state index is 12.6. The van der Waals surface area contributed by atoms with E-state index in [1.54, 1.807) is 43.4 Å². The van der Waals surface area contributed by atoms with E-state index in [1.165, 1.54) is 12.1 Å². The molecule has 2 aromatic rings. The Hall–Kier alpha value is -4.08. The lowest BCUT2D eigenvalue weighted by Crippen LogP contribution is -2.34. The summed E-state index contributed by atoms with van der Waals surface area (Å²) in [7, 11) is 3.09. The van der Waals surface area contributed by atoms with Crippen molar-refractivity contribution in [2.45, 2.75) is 20.0 Å². The van der Waals surface area contributed by atoms with Gasteiger partial charge < -0.3 is 24.4 Å². The van der Waals surface area contributed by atoms with Crippen LogP contribution in [0.15, 0.2) is 42.5 Å². The molecule has 1 N–H and O–H groups in total. The molecule has 2 aromatic carbocycles. The van der Waals surface area contributed by atoms with Gasteiger partial charge in [-0.05, 0) is 42.3 Å². The van der Waals surface area contributed by atoms with Gasteiger partial charge in [0.05, 0.1) is 32.9 Å². The maximum absolute atomic E-state index is 12.6. The Bertz CT molecular complexity index is 1050. The highest BCUT2D eigenvalue weighted by molar-refractivity contribution is 6.01. The van der Waals surface area contributed by atoms with Gasteiger partial charge in [0.15, 0.2) is 18.1 Å². The van der Waals surface area contributed by atoms with Crippen molar-refractivity contribution in [3.05, 3.63) is 59.2 Å². The zero-order chi connectivity index (χ0) is 24.7. The quantitative estimate of drug-likeness (QED) is 0.418. The minimum atomic E-state index is -0.642. The number of amides is 4. The minimum absolute atomic E-state index is 0.0158. The number of hydrogen-bond donors (Lipinski definition) is 1. The summed E-state index contributed by atoms with van der Waals surface area (Å²) in [5.74, 6) is -0.123. The standard InChI is InChI=1S/C24H27N3O7/c1-4-26(13-17-7-10-19(32-2)20(11-17)33-3)22(29)15-34-23(30)18-8-5-16(6-9-18)14-27-21(28)12-25-24(27)31/h5-11H,4,12-15H2,1-3H3,(H,25,31). The molecule has 4 amide bonds. The fourth-order valence-electron chi connectivity index (χ4n) is 3.42. The second-order valence-corrected chi connectivity index (χ2v) is 7.51.